The molecule has 3 atom stereocenters. The molecule has 3 unspecified atom stereocenters. The maximum Gasteiger partial charge on any atom is 0.0210 e. The van der Waals surface area contributed by atoms with E-state index in [9.17, 15) is 0 Å². The van der Waals surface area contributed by atoms with E-state index in [4.69, 9.17) is 0 Å². The van der Waals surface area contributed by atoms with Crippen molar-refractivity contribution in [2.24, 2.45) is 5.92 Å². The van der Waals surface area contributed by atoms with Crippen molar-refractivity contribution in [3.63, 3.8) is 0 Å². The summed E-state index contributed by atoms with van der Waals surface area (Å²) in [5.41, 5.74) is 1.49. The molecule has 2 heteroatoms. The van der Waals surface area contributed by atoms with Gasteiger partial charge in [-0.3, -0.25) is 0 Å². The van der Waals surface area contributed by atoms with Gasteiger partial charge in [0.1, 0.15) is 0 Å². The minimum absolute atomic E-state index is 0.733. The van der Waals surface area contributed by atoms with Gasteiger partial charge in [-0.05, 0) is 42.9 Å². The summed E-state index contributed by atoms with van der Waals surface area (Å²) >= 11 is 3.68. The molecule has 1 nitrogen and oxygen atoms in total. The third-order valence-corrected chi connectivity index (χ3v) is 4.70. The summed E-state index contributed by atoms with van der Waals surface area (Å²) < 4.78 is 1.28. The third-order valence-electron chi connectivity index (χ3n) is 3.97. The van der Waals surface area contributed by atoms with E-state index in [1.807, 2.05) is 0 Å². The molecular weight excluding hydrogens is 274 g/mol. The lowest BCUT2D eigenvalue weighted by atomic mass is 9.65. The molecular formula is C15H22BrN. The molecule has 1 aromatic rings. The molecule has 0 aliphatic heterocycles. The summed E-state index contributed by atoms with van der Waals surface area (Å²) in [5, 5.41) is 3.67. The van der Waals surface area contributed by atoms with E-state index in [1.54, 1.807) is 0 Å². The minimum atomic E-state index is 0.733. The summed E-state index contributed by atoms with van der Waals surface area (Å²) in [6.45, 7) is 5.70. The lowest BCUT2D eigenvalue weighted by Gasteiger charge is -2.46. The predicted molar refractivity (Wildman–Crippen MR) is 77.4 cm³/mol. The molecule has 0 saturated heterocycles. The first-order valence-corrected chi connectivity index (χ1v) is 7.55. The highest BCUT2D eigenvalue weighted by molar-refractivity contribution is 9.10. The number of halogens is 1. The molecule has 0 aromatic heterocycles. The second kappa shape index (κ2) is 6.01. The van der Waals surface area contributed by atoms with Gasteiger partial charge in [0.05, 0.1) is 0 Å². The first-order valence-electron chi connectivity index (χ1n) is 6.75. The van der Waals surface area contributed by atoms with E-state index in [0.717, 1.165) is 24.4 Å². The van der Waals surface area contributed by atoms with Crippen LogP contribution < -0.4 is 5.32 Å². The van der Waals surface area contributed by atoms with Gasteiger partial charge < -0.3 is 5.32 Å². The van der Waals surface area contributed by atoms with Crippen molar-refractivity contribution in [3.05, 3.63) is 34.3 Å². The average molecular weight is 296 g/mol. The molecule has 0 amide bonds. The number of rotatable bonds is 5. The van der Waals surface area contributed by atoms with Crippen LogP contribution in [0.4, 0.5) is 0 Å². The van der Waals surface area contributed by atoms with E-state index >= 15 is 0 Å². The standard InChI is InChI=1S/C15H22BrN/c1-3-9-17-15-10-13(11(15)4-2)12-7-5-6-8-14(12)16/h5-8,11,13,15,17H,3-4,9-10H2,1-2H3. The Morgan fingerprint density at radius 1 is 1.29 bits per heavy atom. The van der Waals surface area contributed by atoms with Crippen molar-refractivity contribution in [2.75, 3.05) is 6.54 Å². The quantitative estimate of drug-likeness (QED) is 0.852. The van der Waals surface area contributed by atoms with E-state index in [1.165, 1.54) is 29.3 Å². The Morgan fingerprint density at radius 2 is 2.06 bits per heavy atom. The predicted octanol–water partition coefficient (Wildman–Crippen LogP) is 4.33. The molecule has 2 rings (SSSR count). The van der Waals surface area contributed by atoms with E-state index in [-0.39, 0.29) is 0 Å². The zero-order chi connectivity index (χ0) is 12.3. The Kier molecular flexibility index (Phi) is 4.63. The molecule has 0 heterocycles. The molecule has 94 valence electrons. The second-order valence-electron chi connectivity index (χ2n) is 5.00. The Labute approximate surface area is 113 Å². The van der Waals surface area contributed by atoms with Crippen molar-refractivity contribution < 1.29 is 0 Å². The summed E-state index contributed by atoms with van der Waals surface area (Å²) in [4.78, 5) is 0. The zero-order valence-electron chi connectivity index (χ0n) is 10.7. The molecule has 1 aliphatic rings. The SMILES string of the molecule is CCCNC1CC(c2ccccc2Br)C1CC. The minimum Gasteiger partial charge on any atom is -0.314 e. The monoisotopic (exact) mass is 295 g/mol. The lowest BCUT2D eigenvalue weighted by molar-refractivity contribution is 0.160. The first kappa shape index (κ1) is 13.1. The van der Waals surface area contributed by atoms with Crippen LogP contribution in [0.2, 0.25) is 0 Å². The van der Waals surface area contributed by atoms with E-state index in [0.29, 0.717) is 0 Å². The van der Waals surface area contributed by atoms with Crippen LogP contribution >= 0.6 is 15.9 Å². The van der Waals surface area contributed by atoms with Crippen LogP contribution in [0.3, 0.4) is 0 Å². The Balaban J connectivity index is 2.03. The lowest BCUT2D eigenvalue weighted by Crippen LogP contribution is -2.49. The maximum absolute atomic E-state index is 3.68. The normalized spacial score (nSPS) is 27.8. The zero-order valence-corrected chi connectivity index (χ0v) is 12.3. The van der Waals surface area contributed by atoms with Crippen molar-refractivity contribution in [3.8, 4) is 0 Å². The average Bonchev–Trinajstić information content (AvgIpc) is 2.30. The van der Waals surface area contributed by atoms with Gasteiger partial charge in [-0.1, -0.05) is 54.4 Å². The van der Waals surface area contributed by atoms with Crippen LogP contribution in [0.1, 0.15) is 44.6 Å². The fourth-order valence-corrected chi connectivity index (χ4v) is 3.55. The van der Waals surface area contributed by atoms with Crippen molar-refractivity contribution >= 4 is 15.9 Å². The fraction of sp³-hybridized carbons (Fsp3) is 0.600. The molecule has 0 bridgehead atoms. The first-order chi connectivity index (χ1) is 8.27. The van der Waals surface area contributed by atoms with Gasteiger partial charge in [0.15, 0.2) is 0 Å². The van der Waals surface area contributed by atoms with Crippen LogP contribution in [-0.2, 0) is 0 Å². The van der Waals surface area contributed by atoms with Gasteiger partial charge in [-0.2, -0.15) is 0 Å². The maximum atomic E-state index is 3.68. The van der Waals surface area contributed by atoms with Gasteiger partial charge >= 0.3 is 0 Å². The van der Waals surface area contributed by atoms with Crippen molar-refractivity contribution in [1.82, 2.24) is 5.32 Å². The molecule has 1 saturated carbocycles. The molecule has 1 N–H and O–H groups in total. The Morgan fingerprint density at radius 3 is 2.71 bits per heavy atom. The molecule has 1 fully saturated rings. The Hall–Kier alpha value is -0.340. The summed E-state index contributed by atoms with van der Waals surface area (Å²) in [6, 6.07) is 9.42. The highest BCUT2D eigenvalue weighted by Gasteiger charge is 2.40. The van der Waals surface area contributed by atoms with Crippen LogP contribution in [0.15, 0.2) is 28.7 Å². The number of benzene rings is 1. The van der Waals surface area contributed by atoms with Gasteiger partial charge in [0.2, 0.25) is 0 Å². The van der Waals surface area contributed by atoms with Crippen LogP contribution in [0.25, 0.3) is 0 Å². The number of hydrogen-bond donors (Lipinski definition) is 1. The van der Waals surface area contributed by atoms with Gasteiger partial charge in [-0.25, -0.2) is 0 Å². The van der Waals surface area contributed by atoms with Gasteiger partial charge in [0, 0.05) is 10.5 Å². The van der Waals surface area contributed by atoms with Crippen molar-refractivity contribution in [1.29, 1.82) is 0 Å². The highest BCUT2D eigenvalue weighted by Crippen LogP contribution is 2.46. The highest BCUT2D eigenvalue weighted by atomic mass is 79.9. The van der Waals surface area contributed by atoms with Gasteiger partial charge in [0.25, 0.3) is 0 Å². The van der Waals surface area contributed by atoms with Crippen LogP contribution in [-0.4, -0.2) is 12.6 Å². The smallest absolute Gasteiger partial charge is 0.0210 e. The third kappa shape index (κ3) is 2.74. The topological polar surface area (TPSA) is 12.0 Å². The second-order valence-corrected chi connectivity index (χ2v) is 5.85. The molecule has 1 aliphatic carbocycles. The fourth-order valence-electron chi connectivity index (χ4n) is 2.97. The van der Waals surface area contributed by atoms with Crippen molar-refractivity contribution in [2.45, 2.75) is 45.1 Å². The molecule has 1 aromatic carbocycles. The number of nitrogens with one attached hydrogen (secondary N) is 1. The van der Waals surface area contributed by atoms with E-state index in [2.05, 4.69) is 59.4 Å². The van der Waals surface area contributed by atoms with Crippen LogP contribution in [0, 0.1) is 5.92 Å². The van der Waals surface area contributed by atoms with Crippen LogP contribution in [0.5, 0.6) is 0 Å². The summed E-state index contributed by atoms with van der Waals surface area (Å²) in [6.07, 6.45) is 3.79. The summed E-state index contributed by atoms with van der Waals surface area (Å²) in [5.74, 6) is 1.55. The Bertz CT molecular complexity index is 364. The van der Waals surface area contributed by atoms with E-state index < -0.39 is 0 Å². The number of hydrogen-bond acceptors (Lipinski definition) is 1. The summed E-state index contributed by atoms with van der Waals surface area (Å²) in [7, 11) is 0. The molecule has 0 spiro atoms. The largest absolute Gasteiger partial charge is 0.314 e. The molecule has 0 radical (unpaired) electrons. The molecule has 17 heavy (non-hydrogen) atoms. The van der Waals surface area contributed by atoms with Gasteiger partial charge in [-0.15, -0.1) is 0 Å².